The van der Waals surface area contributed by atoms with Gasteiger partial charge in [0.25, 0.3) is 0 Å². The third kappa shape index (κ3) is 5.34. The monoisotopic (exact) mass is 325 g/mol. The van der Waals surface area contributed by atoms with E-state index in [1.807, 2.05) is 39.8 Å². The molecule has 0 bridgehead atoms. The first-order valence-electron chi connectivity index (χ1n) is 7.35. The maximum Gasteiger partial charge on any atom is 0.316 e. The van der Waals surface area contributed by atoms with Crippen LogP contribution in [-0.4, -0.2) is 18.9 Å². The SMILES string of the molecule is CCCCC(C(=O)OC)C(=O)c1c(C)cc(C)cc1C.O=[PH2+]. The third-order valence-electron chi connectivity index (χ3n) is 3.57. The van der Waals surface area contributed by atoms with Gasteiger partial charge in [0, 0.05) is 5.56 Å². The van der Waals surface area contributed by atoms with E-state index >= 15 is 0 Å². The summed E-state index contributed by atoms with van der Waals surface area (Å²) in [5.74, 6) is -1.22. The number of aryl methyl sites for hydroxylation is 3. The predicted octanol–water partition coefficient (Wildman–Crippen LogP) is 3.98. The Labute approximate surface area is 134 Å². The maximum atomic E-state index is 12.7. The van der Waals surface area contributed by atoms with E-state index in [-0.39, 0.29) is 5.78 Å². The van der Waals surface area contributed by atoms with E-state index in [1.54, 1.807) is 0 Å². The second-order valence-corrected chi connectivity index (χ2v) is 5.36. The molecular weight excluding hydrogens is 299 g/mol. The van der Waals surface area contributed by atoms with Gasteiger partial charge in [-0.3, -0.25) is 9.59 Å². The van der Waals surface area contributed by atoms with Gasteiger partial charge in [-0.15, -0.1) is 0 Å². The highest BCUT2D eigenvalue weighted by atomic mass is 31.0. The first kappa shape index (κ1) is 20.5. The second-order valence-electron chi connectivity index (χ2n) is 5.36. The number of methoxy groups -OCH3 is 1. The standard InChI is InChI=1S/C17H24O3.H2OP/c1-6-7-8-14(17(19)20-5)16(18)15-12(3)9-11(2)10-13(15)4;1-2/h9-10,14H,6-8H2,1-5H3;2H2/q;+1. The van der Waals surface area contributed by atoms with Gasteiger partial charge in [0.05, 0.1) is 7.11 Å². The third-order valence-corrected chi connectivity index (χ3v) is 3.57. The molecule has 0 heterocycles. The highest BCUT2D eigenvalue weighted by molar-refractivity contribution is 7.00. The molecule has 0 aliphatic rings. The lowest BCUT2D eigenvalue weighted by molar-refractivity contribution is -0.143. The second kappa shape index (κ2) is 10.2. The van der Waals surface area contributed by atoms with E-state index in [9.17, 15) is 9.59 Å². The highest BCUT2D eigenvalue weighted by Gasteiger charge is 2.29. The van der Waals surface area contributed by atoms with Crippen LogP contribution in [0.2, 0.25) is 0 Å². The normalized spacial score (nSPS) is 11.1. The number of carbonyl (C=O) groups is 2. The molecule has 22 heavy (non-hydrogen) atoms. The van der Waals surface area contributed by atoms with Crippen molar-refractivity contribution >= 4 is 20.9 Å². The van der Waals surface area contributed by atoms with Crippen molar-refractivity contribution in [1.29, 1.82) is 0 Å². The van der Waals surface area contributed by atoms with Gasteiger partial charge in [-0.25, -0.2) is 0 Å². The summed E-state index contributed by atoms with van der Waals surface area (Å²) in [5.41, 5.74) is 3.65. The number of unbranched alkanes of at least 4 members (excludes halogenated alkanes) is 1. The van der Waals surface area contributed by atoms with Gasteiger partial charge >= 0.3 is 15.1 Å². The molecule has 0 aromatic heterocycles. The number of ketones is 1. The summed E-state index contributed by atoms with van der Waals surface area (Å²) >= 11 is 0. The Morgan fingerprint density at radius 3 is 2.05 bits per heavy atom. The molecule has 1 aromatic rings. The van der Waals surface area contributed by atoms with Crippen LogP contribution in [0.25, 0.3) is 0 Å². The van der Waals surface area contributed by atoms with Crippen molar-refractivity contribution in [3.8, 4) is 0 Å². The van der Waals surface area contributed by atoms with Crippen LogP contribution in [0, 0.1) is 26.7 Å². The molecular formula is C17H26O4P+. The summed E-state index contributed by atoms with van der Waals surface area (Å²) in [4.78, 5) is 24.6. The molecule has 0 aliphatic carbocycles. The summed E-state index contributed by atoms with van der Waals surface area (Å²) in [5, 5.41) is 0. The van der Waals surface area contributed by atoms with Crippen LogP contribution in [0.3, 0.4) is 0 Å². The predicted molar refractivity (Wildman–Crippen MR) is 90.4 cm³/mol. The summed E-state index contributed by atoms with van der Waals surface area (Å²) in [6.45, 7) is 7.88. The van der Waals surface area contributed by atoms with Crippen molar-refractivity contribution in [3.05, 3.63) is 34.4 Å². The Hall–Kier alpha value is -1.54. The van der Waals surface area contributed by atoms with Crippen molar-refractivity contribution in [1.82, 2.24) is 0 Å². The molecule has 0 aliphatic heterocycles. The molecule has 2 atom stereocenters. The number of rotatable bonds is 6. The minimum atomic E-state index is -0.681. The van der Waals surface area contributed by atoms with Gasteiger partial charge in [-0.2, -0.15) is 0 Å². The van der Waals surface area contributed by atoms with Crippen LogP contribution in [0.15, 0.2) is 12.1 Å². The number of Topliss-reactive ketones (excluding diaryl/α,β-unsaturated/α-hetero) is 1. The number of carbonyl (C=O) groups excluding carboxylic acids is 2. The molecule has 0 spiro atoms. The van der Waals surface area contributed by atoms with Gasteiger partial charge in [-0.05, 0) is 38.3 Å². The number of esters is 1. The van der Waals surface area contributed by atoms with Gasteiger partial charge < -0.3 is 4.74 Å². The van der Waals surface area contributed by atoms with Crippen molar-refractivity contribution < 1.29 is 18.9 Å². The van der Waals surface area contributed by atoms with Crippen molar-refractivity contribution in [3.63, 3.8) is 0 Å². The van der Waals surface area contributed by atoms with Crippen molar-refractivity contribution in [2.24, 2.45) is 5.92 Å². The largest absolute Gasteiger partial charge is 0.468 e. The highest BCUT2D eigenvalue weighted by Crippen LogP contribution is 2.23. The smallest absolute Gasteiger partial charge is 0.316 e. The molecule has 122 valence electrons. The minimum Gasteiger partial charge on any atom is -0.468 e. The summed E-state index contributed by atoms with van der Waals surface area (Å²) in [6.07, 6.45) is 2.34. The zero-order valence-electron chi connectivity index (χ0n) is 14.1. The lowest BCUT2D eigenvalue weighted by Gasteiger charge is -2.17. The quantitative estimate of drug-likeness (QED) is 0.343. The molecule has 1 rings (SSSR count). The van der Waals surface area contributed by atoms with Gasteiger partial charge in [-0.1, -0.05) is 42.0 Å². The Balaban J connectivity index is 0.00000211. The topological polar surface area (TPSA) is 60.4 Å². The molecule has 0 saturated carbocycles. The van der Waals surface area contributed by atoms with E-state index in [0.29, 0.717) is 12.0 Å². The summed E-state index contributed by atoms with van der Waals surface area (Å²) < 4.78 is 13.0. The molecule has 0 radical (unpaired) electrons. The lowest BCUT2D eigenvalue weighted by atomic mass is 9.87. The molecule has 5 heteroatoms. The van der Waals surface area contributed by atoms with Crippen LogP contribution >= 0.6 is 9.12 Å². The molecule has 0 fully saturated rings. The molecule has 2 unspecified atom stereocenters. The molecule has 0 amide bonds. The first-order valence-corrected chi connectivity index (χ1v) is 7.83. The van der Waals surface area contributed by atoms with Crippen LogP contribution < -0.4 is 0 Å². The lowest BCUT2D eigenvalue weighted by Crippen LogP contribution is -2.26. The number of ether oxygens (including phenoxy) is 1. The van der Waals surface area contributed by atoms with E-state index < -0.39 is 11.9 Å². The van der Waals surface area contributed by atoms with E-state index in [2.05, 4.69) is 0 Å². The van der Waals surface area contributed by atoms with Crippen LogP contribution in [0.4, 0.5) is 0 Å². The molecule has 1 aromatic carbocycles. The van der Waals surface area contributed by atoms with Gasteiger partial charge in [0.2, 0.25) is 0 Å². The van der Waals surface area contributed by atoms with Crippen LogP contribution in [-0.2, 0) is 14.1 Å². The Kier molecular flexibility index (Phi) is 9.51. The fourth-order valence-corrected chi connectivity index (χ4v) is 2.65. The van der Waals surface area contributed by atoms with Crippen LogP contribution in [0.5, 0.6) is 0 Å². The Morgan fingerprint density at radius 1 is 1.14 bits per heavy atom. The Bertz CT molecular complexity index is 502. The van der Waals surface area contributed by atoms with E-state index in [1.165, 1.54) is 16.2 Å². The molecule has 4 nitrogen and oxygen atoms in total. The molecule has 0 N–H and O–H groups in total. The summed E-state index contributed by atoms with van der Waals surface area (Å²) in [7, 11) is 2.50. The van der Waals surface area contributed by atoms with Crippen LogP contribution in [0.1, 0.15) is 53.2 Å². The van der Waals surface area contributed by atoms with Crippen molar-refractivity contribution in [2.45, 2.75) is 47.0 Å². The minimum absolute atomic E-state index is 0.111. The maximum absolute atomic E-state index is 12.7. The van der Waals surface area contributed by atoms with E-state index in [0.717, 1.165) is 29.5 Å². The first-order chi connectivity index (χ1) is 10.4. The zero-order valence-corrected chi connectivity index (χ0v) is 15.2. The number of hydrogen-bond acceptors (Lipinski definition) is 4. The fraction of sp³-hybridized carbons (Fsp3) is 0.529. The fourth-order valence-electron chi connectivity index (χ4n) is 2.65. The average molecular weight is 325 g/mol. The van der Waals surface area contributed by atoms with Gasteiger partial charge in [0.15, 0.2) is 5.78 Å². The molecule has 0 saturated heterocycles. The Morgan fingerprint density at radius 2 is 1.64 bits per heavy atom. The zero-order chi connectivity index (χ0) is 17.3. The average Bonchev–Trinajstić information content (AvgIpc) is 2.48. The summed E-state index contributed by atoms with van der Waals surface area (Å²) in [6, 6.07) is 3.96. The van der Waals surface area contributed by atoms with Crippen molar-refractivity contribution in [2.75, 3.05) is 7.11 Å². The number of benzene rings is 1. The van der Waals surface area contributed by atoms with Gasteiger partial charge in [0.1, 0.15) is 5.92 Å². The van der Waals surface area contributed by atoms with E-state index in [4.69, 9.17) is 9.30 Å². The number of hydrogen-bond donors (Lipinski definition) is 0.